The molecule has 0 saturated heterocycles. The molecule has 0 aromatic heterocycles. The predicted octanol–water partition coefficient (Wildman–Crippen LogP) is 6.23. The summed E-state index contributed by atoms with van der Waals surface area (Å²) in [6.07, 6.45) is 0. The highest BCUT2D eigenvalue weighted by Crippen LogP contribution is 2.36. The molecule has 1 aliphatic rings. The van der Waals surface area contributed by atoms with Crippen molar-refractivity contribution in [2.45, 2.75) is 58.9 Å². The Morgan fingerprint density at radius 3 is 2.08 bits per heavy atom. The van der Waals surface area contributed by atoms with Crippen molar-refractivity contribution in [1.29, 1.82) is 0 Å². The molecular formula is C23H30N2O. The van der Waals surface area contributed by atoms with Gasteiger partial charge >= 0.3 is 0 Å². The Hall–Kier alpha value is -2.29. The van der Waals surface area contributed by atoms with E-state index in [0.717, 1.165) is 17.1 Å². The van der Waals surface area contributed by atoms with E-state index in [1.165, 1.54) is 16.8 Å². The van der Waals surface area contributed by atoms with Crippen molar-refractivity contribution in [1.82, 2.24) is 0 Å². The largest absolute Gasteiger partial charge is 0.475 e. The summed E-state index contributed by atoms with van der Waals surface area (Å²) < 4.78 is 5.90. The van der Waals surface area contributed by atoms with Crippen LogP contribution in [0.1, 0.15) is 70.1 Å². The van der Waals surface area contributed by atoms with E-state index >= 15 is 0 Å². The van der Waals surface area contributed by atoms with E-state index in [1.54, 1.807) is 0 Å². The van der Waals surface area contributed by atoms with Gasteiger partial charge in [0.15, 0.2) is 0 Å². The maximum atomic E-state index is 5.90. The van der Waals surface area contributed by atoms with Crippen LogP contribution in [0.5, 0.6) is 0 Å². The molecule has 0 bridgehead atoms. The quantitative estimate of drug-likeness (QED) is 0.693. The second kappa shape index (κ2) is 7.14. The van der Waals surface area contributed by atoms with Crippen molar-refractivity contribution in [2.24, 2.45) is 4.99 Å². The Morgan fingerprint density at radius 1 is 0.923 bits per heavy atom. The van der Waals surface area contributed by atoms with Gasteiger partial charge in [0, 0.05) is 5.69 Å². The Kier molecular flexibility index (Phi) is 5.08. The zero-order valence-electron chi connectivity index (χ0n) is 16.8. The monoisotopic (exact) mass is 350 g/mol. The Balaban J connectivity index is 2.06. The van der Waals surface area contributed by atoms with Crippen LogP contribution in [-0.4, -0.2) is 18.0 Å². The van der Waals surface area contributed by atoms with E-state index in [2.05, 4.69) is 83.3 Å². The SMILES string of the molecule is CC(C)c1cccc(C(C)C)c1Nc1ccccc1C1=NC(C)(C)CO1. The van der Waals surface area contributed by atoms with Crippen molar-refractivity contribution >= 4 is 17.3 Å². The first kappa shape index (κ1) is 18.5. The van der Waals surface area contributed by atoms with Gasteiger partial charge in [-0.25, -0.2) is 4.99 Å². The van der Waals surface area contributed by atoms with Crippen LogP contribution in [-0.2, 0) is 4.74 Å². The minimum absolute atomic E-state index is 0.165. The third-order valence-electron chi connectivity index (χ3n) is 4.76. The van der Waals surface area contributed by atoms with Crippen LogP contribution < -0.4 is 5.32 Å². The van der Waals surface area contributed by atoms with Gasteiger partial charge in [-0.05, 0) is 48.9 Å². The van der Waals surface area contributed by atoms with Gasteiger partial charge in [-0.2, -0.15) is 0 Å². The van der Waals surface area contributed by atoms with E-state index in [9.17, 15) is 0 Å². The molecule has 0 fully saturated rings. The number of hydrogen-bond acceptors (Lipinski definition) is 3. The third-order valence-corrected chi connectivity index (χ3v) is 4.76. The fourth-order valence-electron chi connectivity index (χ4n) is 3.33. The second-order valence-corrected chi connectivity index (χ2v) is 8.31. The number of nitrogens with one attached hydrogen (secondary N) is 1. The van der Waals surface area contributed by atoms with Crippen molar-refractivity contribution in [2.75, 3.05) is 11.9 Å². The van der Waals surface area contributed by atoms with Gasteiger partial charge in [0.1, 0.15) is 6.61 Å². The summed E-state index contributed by atoms with van der Waals surface area (Å²) in [5.41, 5.74) is 5.77. The molecule has 3 rings (SSSR count). The maximum Gasteiger partial charge on any atom is 0.218 e. The van der Waals surface area contributed by atoms with Crippen molar-refractivity contribution < 1.29 is 4.74 Å². The second-order valence-electron chi connectivity index (χ2n) is 8.31. The molecule has 0 radical (unpaired) electrons. The van der Waals surface area contributed by atoms with Crippen LogP contribution >= 0.6 is 0 Å². The zero-order chi connectivity index (χ0) is 18.9. The summed E-state index contributed by atoms with van der Waals surface area (Å²) in [6, 6.07) is 14.9. The maximum absolute atomic E-state index is 5.90. The lowest BCUT2D eigenvalue weighted by atomic mass is 9.92. The van der Waals surface area contributed by atoms with Crippen LogP contribution in [0.15, 0.2) is 47.5 Å². The molecule has 3 nitrogen and oxygen atoms in total. The number of rotatable bonds is 5. The van der Waals surface area contributed by atoms with Crippen LogP contribution in [0.25, 0.3) is 0 Å². The van der Waals surface area contributed by atoms with E-state index in [0.29, 0.717) is 18.4 Å². The summed E-state index contributed by atoms with van der Waals surface area (Å²) >= 11 is 0. The smallest absolute Gasteiger partial charge is 0.218 e. The summed E-state index contributed by atoms with van der Waals surface area (Å²) in [5, 5.41) is 3.72. The van der Waals surface area contributed by atoms with Gasteiger partial charge in [0.2, 0.25) is 5.90 Å². The highest BCUT2D eigenvalue weighted by atomic mass is 16.5. The van der Waals surface area contributed by atoms with Crippen molar-refractivity contribution in [3.63, 3.8) is 0 Å². The summed E-state index contributed by atoms with van der Waals surface area (Å²) in [4.78, 5) is 4.76. The molecule has 2 aromatic rings. The first-order valence-electron chi connectivity index (χ1n) is 9.50. The fourth-order valence-corrected chi connectivity index (χ4v) is 3.33. The summed E-state index contributed by atoms with van der Waals surface area (Å²) in [6.45, 7) is 13.8. The van der Waals surface area contributed by atoms with Gasteiger partial charge < -0.3 is 10.1 Å². The van der Waals surface area contributed by atoms with Gasteiger partial charge in [-0.3, -0.25) is 0 Å². The van der Waals surface area contributed by atoms with Crippen LogP contribution in [0, 0.1) is 0 Å². The van der Waals surface area contributed by atoms with E-state index in [1.807, 2.05) is 6.07 Å². The molecule has 0 aliphatic carbocycles. The molecule has 1 aliphatic heterocycles. The van der Waals surface area contributed by atoms with Gasteiger partial charge in [-0.1, -0.05) is 58.0 Å². The van der Waals surface area contributed by atoms with Gasteiger partial charge in [0.25, 0.3) is 0 Å². The lowest BCUT2D eigenvalue weighted by Crippen LogP contribution is -2.17. The number of ether oxygens (including phenoxy) is 1. The molecule has 0 spiro atoms. The van der Waals surface area contributed by atoms with Gasteiger partial charge in [0.05, 0.1) is 16.8 Å². The molecular weight excluding hydrogens is 320 g/mol. The number of benzene rings is 2. The first-order valence-corrected chi connectivity index (χ1v) is 9.50. The molecule has 0 unspecified atom stereocenters. The number of hydrogen-bond donors (Lipinski definition) is 1. The average Bonchev–Trinajstić information content (AvgIpc) is 2.95. The molecule has 3 heteroatoms. The predicted molar refractivity (Wildman–Crippen MR) is 111 cm³/mol. The highest BCUT2D eigenvalue weighted by molar-refractivity contribution is 6.01. The molecule has 2 aromatic carbocycles. The Bertz CT molecular complexity index is 792. The number of anilines is 2. The zero-order valence-corrected chi connectivity index (χ0v) is 16.8. The lowest BCUT2D eigenvalue weighted by Gasteiger charge is -2.22. The topological polar surface area (TPSA) is 33.6 Å². The fraction of sp³-hybridized carbons (Fsp3) is 0.435. The van der Waals surface area contributed by atoms with Crippen molar-refractivity contribution in [3.8, 4) is 0 Å². The number of nitrogens with zero attached hydrogens (tertiary/aromatic N) is 1. The molecule has 138 valence electrons. The van der Waals surface area contributed by atoms with Gasteiger partial charge in [-0.15, -0.1) is 0 Å². The van der Waals surface area contributed by atoms with E-state index < -0.39 is 0 Å². The Morgan fingerprint density at radius 2 is 1.54 bits per heavy atom. The van der Waals surface area contributed by atoms with Crippen LogP contribution in [0.4, 0.5) is 11.4 Å². The van der Waals surface area contributed by atoms with Crippen LogP contribution in [0.2, 0.25) is 0 Å². The summed E-state index contributed by atoms with van der Waals surface area (Å²) in [7, 11) is 0. The van der Waals surface area contributed by atoms with E-state index in [4.69, 9.17) is 9.73 Å². The molecule has 1 heterocycles. The molecule has 0 saturated carbocycles. The lowest BCUT2D eigenvalue weighted by molar-refractivity contribution is 0.279. The summed E-state index contributed by atoms with van der Waals surface area (Å²) in [5.74, 6) is 1.62. The molecule has 1 N–H and O–H groups in total. The first-order chi connectivity index (χ1) is 12.3. The number of para-hydroxylation sites is 2. The number of aliphatic imine (C=N–C) groups is 1. The minimum atomic E-state index is -0.165. The van der Waals surface area contributed by atoms with Crippen LogP contribution in [0.3, 0.4) is 0 Å². The average molecular weight is 351 g/mol. The highest BCUT2D eigenvalue weighted by Gasteiger charge is 2.28. The molecule has 26 heavy (non-hydrogen) atoms. The molecule has 0 amide bonds. The normalized spacial score (nSPS) is 15.9. The minimum Gasteiger partial charge on any atom is -0.475 e. The van der Waals surface area contributed by atoms with E-state index in [-0.39, 0.29) is 5.54 Å². The third kappa shape index (κ3) is 3.77. The van der Waals surface area contributed by atoms with Crippen molar-refractivity contribution in [3.05, 3.63) is 59.2 Å². The standard InChI is InChI=1S/C23H30N2O/c1-15(2)17-11-9-12-18(16(3)4)21(17)24-20-13-8-7-10-19(20)22-25-23(5,6)14-26-22/h7-13,15-16,24H,14H2,1-6H3. The molecule has 0 atom stereocenters. The Labute approximate surface area is 157 Å².